The van der Waals surface area contributed by atoms with Crippen molar-refractivity contribution >= 4 is 27.6 Å². The molecular formula is C11H15BrF3N5. The minimum absolute atomic E-state index is 0.366. The van der Waals surface area contributed by atoms with Crippen molar-refractivity contribution in [3.63, 3.8) is 0 Å². The van der Waals surface area contributed by atoms with Crippen LogP contribution < -0.4 is 10.2 Å². The summed E-state index contributed by atoms with van der Waals surface area (Å²) in [6, 6.07) is 0. The van der Waals surface area contributed by atoms with Crippen LogP contribution in [0.5, 0.6) is 0 Å². The summed E-state index contributed by atoms with van der Waals surface area (Å²) in [4.78, 5) is 11.6. The Morgan fingerprint density at radius 1 is 1.25 bits per heavy atom. The van der Waals surface area contributed by atoms with Gasteiger partial charge in [-0.3, -0.25) is 4.90 Å². The van der Waals surface area contributed by atoms with E-state index in [4.69, 9.17) is 0 Å². The molecule has 2 rings (SSSR count). The lowest BCUT2D eigenvalue weighted by Crippen LogP contribution is -2.49. The zero-order valence-corrected chi connectivity index (χ0v) is 12.5. The van der Waals surface area contributed by atoms with Gasteiger partial charge in [0.15, 0.2) is 0 Å². The van der Waals surface area contributed by atoms with Gasteiger partial charge in [0.05, 0.1) is 6.54 Å². The fraction of sp³-hybridized carbons (Fsp3) is 0.636. The molecule has 1 aromatic heterocycles. The average molecular weight is 354 g/mol. The van der Waals surface area contributed by atoms with E-state index in [0.29, 0.717) is 37.8 Å². The molecule has 0 bridgehead atoms. The van der Waals surface area contributed by atoms with E-state index in [9.17, 15) is 13.2 Å². The van der Waals surface area contributed by atoms with Crippen molar-refractivity contribution in [1.82, 2.24) is 14.9 Å². The first-order valence-corrected chi connectivity index (χ1v) is 6.92. The van der Waals surface area contributed by atoms with Crippen molar-refractivity contribution in [2.45, 2.75) is 6.18 Å². The van der Waals surface area contributed by atoms with Crippen molar-refractivity contribution in [3.05, 3.63) is 10.8 Å². The Kier molecular flexibility index (Phi) is 4.69. The van der Waals surface area contributed by atoms with Crippen molar-refractivity contribution in [2.75, 3.05) is 50.0 Å². The van der Waals surface area contributed by atoms with Crippen LogP contribution in [0, 0.1) is 0 Å². The summed E-state index contributed by atoms with van der Waals surface area (Å²) in [5.74, 6) is 1.36. The van der Waals surface area contributed by atoms with E-state index in [2.05, 4.69) is 31.2 Å². The molecule has 1 N–H and O–H groups in total. The Hall–Kier alpha value is -1.09. The Balaban J connectivity index is 2.01. The highest BCUT2D eigenvalue weighted by molar-refractivity contribution is 9.10. The Morgan fingerprint density at radius 3 is 2.45 bits per heavy atom. The fourth-order valence-electron chi connectivity index (χ4n) is 2.13. The summed E-state index contributed by atoms with van der Waals surface area (Å²) in [7, 11) is 1.75. The van der Waals surface area contributed by atoms with Gasteiger partial charge in [0.1, 0.15) is 22.4 Å². The van der Waals surface area contributed by atoms with Crippen molar-refractivity contribution < 1.29 is 13.2 Å². The SMILES string of the molecule is CNc1ncnc(N2CCN(CC(F)(F)F)CC2)c1Br. The number of nitrogens with zero attached hydrogens (tertiary/aromatic N) is 4. The molecule has 0 radical (unpaired) electrons. The number of rotatable bonds is 3. The predicted molar refractivity (Wildman–Crippen MR) is 74.0 cm³/mol. The topological polar surface area (TPSA) is 44.3 Å². The summed E-state index contributed by atoms with van der Waals surface area (Å²) in [6.45, 7) is 0.896. The molecule has 1 aliphatic rings. The van der Waals surface area contributed by atoms with Gasteiger partial charge in [-0.25, -0.2) is 9.97 Å². The van der Waals surface area contributed by atoms with E-state index in [0.717, 1.165) is 4.47 Å². The van der Waals surface area contributed by atoms with Crippen molar-refractivity contribution in [2.24, 2.45) is 0 Å². The number of nitrogens with one attached hydrogen (secondary N) is 1. The second-order valence-electron chi connectivity index (χ2n) is 4.49. The Bertz CT molecular complexity index is 460. The van der Waals surface area contributed by atoms with Crippen LogP contribution in [0.3, 0.4) is 0 Å². The molecule has 2 heterocycles. The van der Waals surface area contributed by atoms with Gasteiger partial charge in [0.2, 0.25) is 0 Å². The van der Waals surface area contributed by atoms with E-state index in [1.54, 1.807) is 7.05 Å². The molecular weight excluding hydrogens is 339 g/mol. The van der Waals surface area contributed by atoms with Gasteiger partial charge >= 0.3 is 6.18 Å². The van der Waals surface area contributed by atoms with Gasteiger partial charge in [-0.05, 0) is 15.9 Å². The molecule has 0 unspecified atom stereocenters. The molecule has 0 atom stereocenters. The van der Waals surface area contributed by atoms with Gasteiger partial charge in [0.25, 0.3) is 0 Å². The molecule has 1 aromatic rings. The third kappa shape index (κ3) is 3.72. The number of halogens is 4. The van der Waals surface area contributed by atoms with Crippen LogP contribution >= 0.6 is 15.9 Å². The maximum atomic E-state index is 12.3. The lowest BCUT2D eigenvalue weighted by Gasteiger charge is -2.36. The Morgan fingerprint density at radius 2 is 1.90 bits per heavy atom. The quantitative estimate of drug-likeness (QED) is 0.899. The largest absolute Gasteiger partial charge is 0.401 e. The monoisotopic (exact) mass is 353 g/mol. The normalized spacial score (nSPS) is 17.4. The number of aromatic nitrogens is 2. The van der Waals surface area contributed by atoms with Crippen LogP contribution in [0.2, 0.25) is 0 Å². The van der Waals surface area contributed by atoms with Crippen LogP contribution in [0.1, 0.15) is 0 Å². The van der Waals surface area contributed by atoms with Gasteiger partial charge in [-0.1, -0.05) is 0 Å². The summed E-state index contributed by atoms with van der Waals surface area (Å²) in [6.07, 6.45) is -2.70. The van der Waals surface area contributed by atoms with E-state index in [1.807, 2.05) is 4.90 Å². The smallest absolute Gasteiger partial charge is 0.372 e. The lowest BCUT2D eigenvalue weighted by molar-refractivity contribution is -0.146. The number of alkyl halides is 3. The summed E-state index contributed by atoms with van der Waals surface area (Å²) >= 11 is 3.42. The molecule has 9 heteroatoms. The molecule has 0 spiro atoms. The second kappa shape index (κ2) is 6.13. The van der Waals surface area contributed by atoms with E-state index in [1.165, 1.54) is 11.2 Å². The molecule has 0 aromatic carbocycles. The molecule has 20 heavy (non-hydrogen) atoms. The minimum atomic E-state index is -4.14. The van der Waals surface area contributed by atoms with Gasteiger partial charge < -0.3 is 10.2 Å². The maximum absolute atomic E-state index is 12.3. The van der Waals surface area contributed by atoms with E-state index >= 15 is 0 Å². The molecule has 112 valence electrons. The molecule has 5 nitrogen and oxygen atoms in total. The summed E-state index contributed by atoms with van der Waals surface area (Å²) in [5.41, 5.74) is 0. The summed E-state index contributed by atoms with van der Waals surface area (Å²) < 4.78 is 37.7. The summed E-state index contributed by atoms with van der Waals surface area (Å²) in [5, 5.41) is 2.93. The standard InChI is InChI=1S/C11H15BrF3N5/c1-16-9-8(12)10(18-7-17-9)20-4-2-19(3-5-20)6-11(13,14)15/h7H,2-6H2,1H3,(H,16,17,18). The molecule has 1 aliphatic heterocycles. The third-order valence-corrected chi connectivity index (χ3v) is 3.81. The van der Waals surface area contributed by atoms with Crippen molar-refractivity contribution in [1.29, 1.82) is 0 Å². The maximum Gasteiger partial charge on any atom is 0.401 e. The molecule has 1 saturated heterocycles. The molecule has 0 amide bonds. The number of anilines is 2. The molecule has 0 saturated carbocycles. The Labute approximate surface area is 123 Å². The van der Waals surface area contributed by atoms with Crippen LogP contribution in [0.25, 0.3) is 0 Å². The second-order valence-corrected chi connectivity index (χ2v) is 5.28. The lowest BCUT2D eigenvalue weighted by atomic mass is 10.3. The third-order valence-electron chi connectivity index (χ3n) is 3.08. The van der Waals surface area contributed by atoms with E-state index < -0.39 is 12.7 Å². The van der Waals surface area contributed by atoms with Gasteiger partial charge in [-0.2, -0.15) is 13.2 Å². The molecule has 0 aliphatic carbocycles. The van der Waals surface area contributed by atoms with Crippen LogP contribution in [0.15, 0.2) is 10.8 Å². The zero-order valence-electron chi connectivity index (χ0n) is 10.9. The van der Waals surface area contributed by atoms with Gasteiger partial charge in [0, 0.05) is 33.2 Å². The van der Waals surface area contributed by atoms with Gasteiger partial charge in [-0.15, -0.1) is 0 Å². The van der Waals surface area contributed by atoms with Crippen LogP contribution in [-0.4, -0.2) is 60.8 Å². The number of piperazine rings is 1. The van der Waals surface area contributed by atoms with E-state index in [-0.39, 0.29) is 0 Å². The zero-order chi connectivity index (χ0) is 14.8. The molecule has 1 fully saturated rings. The highest BCUT2D eigenvalue weighted by atomic mass is 79.9. The van der Waals surface area contributed by atoms with Crippen LogP contribution in [-0.2, 0) is 0 Å². The first-order chi connectivity index (χ1) is 9.40. The number of hydrogen-bond donors (Lipinski definition) is 1. The van der Waals surface area contributed by atoms with Crippen molar-refractivity contribution in [3.8, 4) is 0 Å². The predicted octanol–water partition coefficient (Wildman–Crippen LogP) is 1.97. The average Bonchev–Trinajstić information content (AvgIpc) is 2.38. The van der Waals surface area contributed by atoms with Crippen LogP contribution in [0.4, 0.5) is 24.8 Å². The highest BCUT2D eigenvalue weighted by Gasteiger charge is 2.32. The first kappa shape index (κ1) is 15.3. The number of hydrogen-bond acceptors (Lipinski definition) is 5. The highest BCUT2D eigenvalue weighted by Crippen LogP contribution is 2.30. The first-order valence-electron chi connectivity index (χ1n) is 6.13. The fourth-order valence-corrected chi connectivity index (χ4v) is 2.78. The minimum Gasteiger partial charge on any atom is -0.372 e.